The summed E-state index contributed by atoms with van der Waals surface area (Å²) in [6, 6.07) is 3.40. The van der Waals surface area contributed by atoms with Crippen LogP contribution < -0.4 is 4.74 Å². The number of pyridine rings is 2. The standard InChI is InChI=1S/C14H13ClN2O3/c1-8-13(19-2)12(9-4-5-16-11(15)6-9)10(7-17-8)14(18)20-3/h4-7H,1-3H3. The van der Waals surface area contributed by atoms with E-state index in [9.17, 15) is 4.79 Å². The molecule has 2 heterocycles. The van der Waals surface area contributed by atoms with Crippen LogP contribution in [0.3, 0.4) is 0 Å². The molecule has 0 saturated carbocycles. The predicted molar refractivity (Wildman–Crippen MR) is 75.1 cm³/mol. The lowest BCUT2D eigenvalue weighted by molar-refractivity contribution is 0.0601. The first kappa shape index (κ1) is 14.3. The van der Waals surface area contributed by atoms with Crippen LogP contribution in [0.25, 0.3) is 11.1 Å². The van der Waals surface area contributed by atoms with E-state index in [-0.39, 0.29) is 0 Å². The molecule has 2 aromatic heterocycles. The Hall–Kier alpha value is -2.14. The summed E-state index contributed by atoms with van der Waals surface area (Å²) in [4.78, 5) is 20.0. The van der Waals surface area contributed by atoms with E-state index in [1.807, 2.05) is 0 Å². The maximum atomic E-state index is 11.9. The van der Waals surface area contributed by atoms with E-state index in [1.165, 1.54) is 20.4 Å². The average Bonchev–Trinajstić information content (AvgIpc) is 2.46. The van der Waals surface area contributed by atoms with E-state index in [0.29, 0.717) is 33.3 Å². The van der Waals surface area contributed by atoms with E-state index in [0.717, 1.165) is 0 Å². The molecule has 0 unspecified atom stereocenters. The molecule has 0 spiro atoms. The van der Waals surface area contributed by atoms with Crippen molar-refractivity contribution in [2.24, 2.45) is 0 Å². The Bertz CT molecular complexity index is 659. The van der Waals surface area contributed by atoms with Crippen LogP contribution in [-0.2, 0) is 4.74 Å². The Morgan fingerprint density at radius 1 is 1.30 bits per heavy atom. The lowest BCUT2D eigenvalue weighted by Crippen LogP contribution is -2.07. The zero-order valence-corrected chi connectivity index (χ0v) is 12.1. The van der Waals surface area contributed by atoms with Gasteiger partial charge in [0.25, 0.3) is 0 Å². The van der Waals surface area contributed by atoms with Gasteiger partial charge in [-0.25, -0.2) is 9.78 Å². The number of carbonyl (C=O) groups excluding carboxylic acids is 1. The molecular weight excluding hydrogens is 280 g/mol. The molecule has 6 heteroatoms. The molecule has 20 heavy (non-hydrogen) atoms. The van der Waals surface area contributed by atoms with Crippen LogP contribution in [0.1, 0.15) is 16.1 Å². The van der Waals surface area contributed by atoms with Gasteiger partial charge in [-0.3, -0.25) is 4.98 Å². The molecule has 0 radical (unpaired) electrons. The molecule has 2 aromatic rings. The van der Waals surface area contributed by atoms with Crippen LogP contribution in [0.2, 0.25) is 5.15 Å². The number of aryl methyl sites for hydroxylation is 1. The molecule has 5 nitrogen and oxygen atoms in total. The summed E-state index contributed by atoms with van der Waals surface area (Å²) in [7, 11) is 2.84. The molecule has 0 saturated heterocycles. The molecular formula is C14H13ClN2O3. The molecule has 0 N–H and O–H groups in total. The van der Waals surface area contributed by atoms with Crippen molar-refractivity contribution in [1.29, 1.82) is 0 Å². The van der Waals surface area contributed by atoms with Crippen molar-refractivity contribution in [3.8, 4) is 16.9 Å². The van der Waals surface area contributed by atoms with Gasteiger partial charge in [0.1, 0.15) is 10.9 Å². The fourth-order valence-corrected chi connectivity index (χ4v) is 2.12. The Morgan fingerprint density at radius 2 is 2.05 bits per heavy atom. The maximum Gasteiger partial charge on any atom is 0.340 e. The molecule has 0 aliphatic carbocycles. The number of aromatic nitrogens is 2. The van der Waals surface area contributed by atoms with Gasteiger partial charge in [-0.2, -0.15) is 0 Å². The van der Waals surface area contributed by atoms with E-state index in [2.05, 4.69) is 9.97 Å². The predicted octanol–water partition coefficient (Wildman–Crippen LogP) is 2.90. The normalized spacial score (nSPS) is 10.2. The highest BCUT2D eigenvalue weighted by Crippen LogP contribution is 2.35. The van der Waals surface area contributed by atoms with Crippen LogP contribution in [0.15, 0.2) is 24.5 Å². The lowest BCUT2D eigenvalue weighted by Gasteiger charge is -2.14. The van der Waals surface area contributed by atoms with E-state index in [1.54, 1.807) is 25.3 Å². The number of esters is 1. The molecule has 0 atom stereocenters. The van der Waals surface area contributed by atoms with Gasteiger partial charge in [0.05, 0.1) is 25.5 Å². The molecule has 0 aromatic carbocycles. The number of methoxy groups -OCH3 is 2. The molecule has 0 bridgehead atoms. The van der Waals surface area contributed by atoms with Gasteiger partial charge < -0.3 is 9.47 Å². The lowest BCUT2D eigenvalue weighted by atomic mass is 10.0. The SMILES string of the molecule is COC(=O)c1cnc(C)c(OC)c1-c1ccnc(Cl)c1. The molecule has 0 aliphatic rings. The molecule has 0 fully saturated rings. The van der Waals surface area contributed by atoms with Gasteiger partial charge in [0, 0.05) is 18.0 Å². The smallest absolute Gasteiger partial charge is 0.340 e. The minimum atomic E-state index is -0.487. The quantitative estimate of drug-likeness (QED) is 0.643. The Kier molecular flexibility index (Phi) is 4.20. The summed E-state index contributed by atoms with van der Waals surface area (Å²) in [6.07, 6.45) is 3.03. The fraction of sp³-hybridized carbons (Fsp3) is 0.214. The summed E-state index contributed by atoms with van der Waals surface area (Å²) >= 11 is 5.91. The summed E-state index contributed by atoms with van der Waals surface area (Å²) in [6.45, 7) is 1.80. The van der Waals surface area contributed by atoms with Gasteiger partial charge in [-0.1, -0.05) is 11.6 Å². The van der Waals surface area contributed by atoms with Crippen molar-refractivity contribution < 1.29 is 14.3 Å². The van der Waals surface area contributed by atoms with Gasteiger partial charge in [0.2, 0.25) is 0 Å². The van der Waals surface area contributed by atoms with Crippen molar-refractivity contribution in [2.45, 2.75) is 6.92 Å². The summed E-state index contributed by atoms with van der Waals surface area (Å²) < 4.78 is 10.2. The number of nitrogens with zero attached hydrogens (tertiary/aromatic N) is 2. The number of hydrogen-bond acceptors (Lipinski definition) is 5. The van der Waals surface area contributed by atoms with Crippen LogP contribution in [0.5, 0.6) is 5.75 Å². The molecule has 0 amide bonds. The van der Waals surface area contributed by atoms with Crippen molar-refractivity contribution in [3.05, 3.63) is 40.9 Å². The number of halogens is 1. The van der Waals surface area contributed by atoms with Crippen molar-refractivity contribution in [1.82, 2.24) is 9.97 Å². The highest BCUT2D eigenvalue weighted by Gasteiger charge is 2.21. The second-order valence-corrected chi connectivity index (χ2v) is 4.41. The topological polar surface area (TPSA) is 61.3 Å². The van der Waals surface area contributed by atoms with Crippen molar-refractivity contribution in [2.75, 3.05) is 14.2 Å². The summed E-state index contributed by atoms with van der Waals surface area (Å²) in [5, 5.41) is 0.329. The Labute approximate surface area is 121 Å². The van der Waals surface area contributed by atoms with Crippen LogP contribution >= 0.6 is 11.6 Å². The monoisotopic (exact) mass is 292 g/mol. The largest absolute Gasteiger partial charge is 0.494 e. The van der Waals surface area contributed by atoms with E-state index >= 15 is 0 Å². The second-order valence-electron chi connectivity index (χ2n) is 4.02. The first-order chi connectivity index (χ1) is 9.58. The third-order valence-corrected chi connectivity index (χ3v) is 3.04. The second kappa shape index (κ2) is 5.88. The van der Waals surface area contributed by atoms with Crippen molar-refractivity contribution in [3.63, 3.8) is 0 Å². The Morgan fingerprint density at radius 3 is 2.65 bits per heavy atom. The summed E-state index contributed by atoms with van der Waals surface area (Å²) in [5.41, 5.74) is 2.30. The highest BCUT2D eigenvalue weighted by molar-refractivity contribution is 6.29. The zero-order chi connectivity index (χ0) is 14.7. The van der Waals surface area contributed by atoms with E-state index < -0.39 is 5.97 Å². The van der Waals surface area contributed by atoms with Crippen molar-refractivity contribution >= 4 is 17.6 Å². The minimum absolute atomic E-state index is 0.317. The van der Waals surface area contributed by atoms with Gasteiger partial charge in [0.15, 0.2) is 0 Å². The van der Waals surface area contributed by atoms with Crippen LogP contribution in [0, 0.1) is 6.92 Å². The first-order valence-corrected chi connectivity index (χ1v) is 6.20. The average molecular weight is 293 g/mol. The van der Waals surface area contributed by atoms with Gasteiger partial charge >= 0.3 is 5.97 Å². The highest BCUT2D eigenvalue weighted by atomic mass is 35.5. The number of rotatable bonds is 3. The molecule has 104 valence electrons. The summed E-state index contributed by atoms with van der Waals surface area (Å²) in [5.74, 6) is 0.0221. The number of ether oxygens (including phenoxy) is 2. The van der Waals surface area contributed by atoms with Gasteiger partial charge in [-0.15, -0.1) is 0 Å². The van der Waals surface area contributed by atoms with Crippen LogP contribution in [-0.4, -0.2) is 30.2 Å². The third kappa shape index (κ3) is 2.58. The van der Waals surface area contributed by atoms with E-state index in [4.69, 9.17) is 21.1 Å². The Balaban J connectivity index is 2.76. The number of carbonyl (C=O) groups is 1. The maximum absolute atomic E-state index is 11.9. The first-order valence-electron chi connectivity index (χ1n) is 5.82. The molecule has 0 aliphatic heterocycles. The molecule has 2 rings (SSSR count). The van der Waals surface area contributed by atoms with Gasteiger partial charge in [-0.05, 0) is 24.6 Å². The number of hydrogen-bond donors (Lipinski definition) is 0. The zero-order valence-electron chi connectivity index (χ0n) is 11.3. The minimum Gasteiger partial charge on any atom is -0.494 e. The third-order valence-electron chi connectivity index (χ3n) is 2.84. The van der Waals surface area contributed by atoms with Crippen LogP contribution in [0.4, 0.5) is 0 Å². The fourth-order valence-electron chi connectivity index (χ4n) is 1.95.